The van der Waals surface area contributed by atoms with E-state index in [1.54, 1.807) is 0 Å². The van der Waals surface area contributed by atoms with Crippen LogP contribution in [0.3, 0.4) is 0 Å². The first-order chi connectivity index (χ1) is 17.8. The molecular formula is C31H33N3O3. The highest BCUT2D eigenvalue weighted by atomic mass is 16.3. The molecule has 1 spiro atoms. The molecule has 6 nitrogen and oxygen atoms in total. The van der Waals surface area contributed by atoms with Gasteiger partial charge < -0.3 is 9.32 Å². The number of benzene rings is 2. The van der Waals surface area contributed by atoms with Crippen molar-refractivity contribution in [2.75, 3.05) is 19.6 Å². The molecule has 2 aromatic carbocycles. The first kappa shape index (κ1) is 22.8. The highest BCUT2D eigenvalue weighted by molar-refractivity contribution is 6.17. The van der Waals surface area contributed by atoms with Crippen LogP contribution < -0.4 is 0 Å². The van der Waals surface area contributed by atoms with Gasteiger partial charge in [0, 0.05) is 36.5 Å². The van der Waals surface area contributed by atoms with Crippen molar-refractivity contribution in [2.24, 2.45) is 16.8 Å². The molecule has 190 valence electrons. The number of carbonyl (C=O) groups is 2. The fourth-order valence-electron chi connectivity index (χ4n) is 6.12. The SMILES string of the molecule is Cc1cc(-c2ccc3oc(C)c(C)c3c2)ccc1C1=NC2(CC2)C(=O)N1CC1CCN(C(=O)C2CC2)C1. The molecule has 0 radical (unpaired) electrons. The molecule has 3 aromatic rings. The zero-order valence-electron chi connectivity index (χ0n) is 21.8. The summed E-state index contributed by atoms with van der Waals surface area (Å²) < 4.78 is 5.86. The summed E-state index contributed by atoms with van der Waals surface area (Å²) in [4.78, 5) is 35.0. The van der Waals surface area contributed by atoms with E-state index < -0.39 is 5.54 Å². The van der Waals surface area contributed by atoms with Gasteiger partial charge in [-0.25, -0.2) is 0 Å². The van der Waals surface area contributed by atoms with E-state index >= 15 is 0 Å². The third-order valence-corrected chi connectivity index (χ3v) is 8.88. The number of furan rings is 1. The number of rotatable bonds is 5. The summed E-state index contributed by atoms with van der Waals surface area (Å²) in [6.45, 7) is 8.43. The van der Waals surface area contributed by atoms with Gasteiger partial charge in [0.15, 0.2) is 0 Å². The van der Waals surface area contributed by atoms with Crippen LogP contribution in [0.15, 0.2) is 45.8 Å². The van der Waals surface area contributed by atoms with Crippen molar-refractivity contribution >= 4 is 28.6 Å². The predicted molar refractivity (Wildman–Crippen MR) is 143 cm³/mol. The van der Waals surface area contributed by atoms with E-state index in [4.69, 9.17) is 9.41 Å². The smallest absolute Gasteiger partial charge is 0.256 e. The first-order valence-electron chi connectivity index (χ1n) is 13.6. The minimum Gasteiger partial charge on any atom is -0.461 e. The van der Waals surface area contributed by atoms with Gasteiger partial charge in [0.25, 0.3) is 5.91 Å². The zero-order chi connectivity index (χ0) is 25.5. The summed E-state index contributed by atoms with van der Waals surface area (Å²) in [6.07, 6.45) is 4.70. The minimum atomic E-state index is -0.537. The molecule has 1 unspecified atom stereocenters. The second kappa shape index (κ2) is 8.04. The van der Waals surface area contributed by atoms with Crippen molar-refractivity contribution in [1.82, 2.24) is 9.80 Å². The molecule has 1 saturated heterocycles. The number of fused-ring (bicyclic) bond motifs is 1. The Morgan fingerprint density at radius 1 is 1.05 bits per heavy atom. The fourth-order valence-corrected chi connectivity index (χ4v) is 6.12. The van der Waals surface area contributed by atoms with E-state index in [0.717, 1.165) is 90.0 Å². The van der Waals surface area contributed by atoms with Gasteiger partial charge in [0.05, 0.1) is 0 Å². The number of likely N-dealkylation sites (tertiary alicyclic amines) is 1. The van der Waals surface area contributed by atoms with Gasteiger partial charge in [-0.1, -0.05) is 24.3 Å². The summed E-state index contributed by atoms with van der Waals surface area (Å²) in [6, 6.07) is 12.8. The van der Waals surface area contributed by atoms with Gasteiger partial charge in [0.1, 0.15) is 22.7 Å². The fraction of sp³-hybridized carbons (Fsp3) is 0.452. The number of hydrogen-bond acceptors (Lipinski definition) is 4. The standard InChI is InChI=1S/C31H33N3O3/c1-18-14-23(24-7-9-27-26(15-24)19(2)20(3)37-27)6-8-25(18)28-32-31(11-12-31)30(36)34(28)17-21-10-13-33(16-21)29(35)22-4-5-22/h6-9,14-15,21-22H,4-5,10-13,16-17H2,1-3H3. The molecule has 2 saturated carbocycles. The number of hydrogen-bond donors (Lipinski definition) is 0. The van der Waals surface area contributed by atoms with Gasteiger partial charge in [0.2, 0.25) is 5.91 Å². The molecule has 1 atom stereocenters. The van der Waals surface area contributed by atoms with Crippen LogP contribution in [0, 0.1) is 32.6 Å². The summed E-state index contributed by atoms with van der Waals surface area (Å²) in [5.74, 6) is 2.79. The maximum Gasteiger partial charge on any atom is 0.256 e. The molecule has 3 heterocycles. The maximum absolute atomic E-state index is 13.5. The number of aryl methyl sites for hydroxylation is 3. The van der Waals surface area contributed by atoms with Crippen molar-refractivity contribution in [1.29, 1.82) is 0 Å². The molecular weight excluding hydrogens is 462 g/mol. The Bertz CT molecular complexity index is 1490. The van der Waals surface area contributed by atoms with Gasteiger partial charge in [-0.15, -0.1) is 0 Å². The van der Waals surface area contributed by atoms with Crippen LogP contribution in [0.5, 0.6) is 0 Å². The molecule has 2 aliphatic heterocycles. The Morgan fingerprint density at radius 2 is 1.81 bits per heavy atom. The van der Waals surface area contributed by atoms with E-state index in [-0.39, 0.29) is 11.8 Å². The average Bonchev–Trinajstić information content (AvgIpc) is 3.80. The summed E-state index contributed by atoms with van der Waals surface area (Å²) in [5, 5.41) is 1.15. The van der Waals surface area contributed by atoms with E-state index in [0.29, 0.717) is 18.4 Å². The normalized spacial score (nSPS) is 22.4. The third kappa shape index (κ3) is 3.72. The lowest BCUT2D eigenvalue weighted by atomic mass is 9.97. The van der Waals surface area contributed by atoms with Crippen molar-refractivity contribution in [3.05, 3.63) is 58.8 Å². The second-order valence-corrected chi connectivity index (χ2v) is 11.6. The molecule has 2 amide bonds. The molecule has 0 N–H and O–H groups in total. The van der Waals surface area contributed by atoms with Gasteiger partial charge in [-0.3, -0.25) is 19.5 Å². The Hall–Kier alpha value is -3.41. The average molecular weight is 496 g/mol. The Labute approximate surface area is 217 Å². The number of aliphatic imine (C=N–C) groups is 1. The summed E-state index contributed by atoms with van der Waals surface area (Å²) in [5.41, 5.74) is 6.00. The van der Waals surface area contributed by atoms with Crippen LogP contribution in [-0.4, -0.2) is 52.6 Å². The molecule has 0 bridgehead atoms. The van der Waals surface area contributed by atoms with E-state index in [2.05, 4.69) is 44.2 Å². The molecule has 1 aromatic heterocycles. The topological polar surface area (TPSA) is 66.1 Å². The maximum atomic E-state index is 13.5. The lowest BCUT2D eigenvalue weighted by Crippen LogP contribution is -2.41. The molecule has 3 fully saturated rings. The largest absolute Gasteiger partial charge is 0.461 e. The highest BCUT2D eigenvalue weighted by Crippen LogP contribution is 2.46. The monoisotopic (exact) mass is 495 g/mol. The Morgan fingerprint density at radius 3 is 2.54 bits per heavy atom. The van der Waals surface area contributed by atoms with Crippen LogP contribution in [0.4, 0.5) is 0 Å². The van der Waals surface area contributed by atoms with Crippen molar-refractivity contribution in [3.63, 3.8) is 0 Å². The third-order valence-electron chi connectivity index (χ3n) is 8.88. The lowest BCUT2D eigenvalue weighted by molar-refractivity contribution is -0.131. The lowest BCUT2D eigenvalue weighted by Gasteiger charge is -2.24. The van der Waals surface area contributed by atoms with Crippen LogP contribution in [0.2, 0.25) is 0 Å². The zero-order valence-corrected chi connectivity index (χ0v) is 21.8. The number of carbonyl (C=O) groups excluding carboxylic acids is 2. The predicted octanol–water partition coefficient (Wildman–Crippen LogP) is 5.40. The second-order valence-electron chi connectivity index (χ2n) is 11.6. The molecule has 7 rings (SSSR count). The van der Waals surface area contributed by atoms with Crippen LogP contribution in [0.25, 0.3) is 22.1 Å². The van der Waals surface area contributed by atoms with Gasteiger partial charge in [-0.2, -0.15) is 0 Å². The van der Waals surface area contributed by atoms with Gasteiger partial charge >= 0.3 is 0 Å². The number of amides is 2. The van der Waals surface area contributed by atoms with Crippen molar-refractivity contribution < 1.29 is 14.0 Å². The van der Waals surface area contributed by atoms with Crippen LogP contribution in [0.1, 0.15) is 54.6 Å². The van der Waals surface area contributed by atoms with Crippen LogP contribution >= 0.6 is 0 Å². The molecule has 4 aliphatic rings. The van der Waals surface area contributed by atoms with E-state index in [9.17, 15) is 9.59 Å². The number of amidine groups is 1. The molecule has 6 heteroatoms. The molecule has 37 heavy (non-hydrogen) atoms. The van der Waals surface area contributed by atoms with E-state index in [1.807, 2.05) is 22.8 Å². The molecule has 2 aliphatic carbocycles. The van der Waals surface area contributed by atoms with Crippen LogP contribution in [-0.2, 0) is 9.59 Å². The number of nitrogens with zero attached hydrogens (tertiary/aromatic N) is 3. The van der Waals surface area contributed by atoms with Crippen molar-refractivity contribution in [2.45, 2.75) is 58.4 Å². The quantitative estimate of drug-likeness (QED) is 0.476. The Kier molecular flexibility index (Phi) is 4.95. The minimum absolute atomic E-state index is 0.147. The van der Waals surface area contributed by atoms with E-state index in [1.165, 1.54) is 5.56 Å². The summed E-state index contributed by atoms with van der Waals surface area (Å²) in [7, 11) is 0. The Balaban J connectivity index is 1.16. The van der Waals surface area contributed by atoms with Crippen molar-refractivity contribution in [3.8, 4) is 11.1 Å². The highest BCUT2D eigenvalue weighted by Gasteiger charge is 2.57. The summed E-state index contributed by atoms with van der Waals surface area (Å²) >= 11 is 0. The van der Waals surface area contributed by atoms with Gasteiger partial charge in [-0.05, 0) is 93.2 Å². The first-order valence-corrected chi connectivity index (χ1v) is 13.6.